The van der Waals surface area contributed by atoms with Gasteiger partial charge in [0.05, 0.1) is 0 Å². The molecule has 1 aromatic carbocycles. The highest BCUT2D eigenvalue weighted by molar-refractivity contribution is 5.91. The number of carbonyl (C=O) groups is 1. The van der Waals surface area contributed by atoms with Gasteiger partial charge in [-0.1, -0.05) is 38.1 Å². The number of aryl methyl sites for hydroxylation is 1. The molecule has 140 valence electrons. The Hall–Kier alpha value is -2.11. The molecule has 1 aliphatic heterocycles. The van der Waals surface area contributed by atoms with Crippen LogP contribution in [0, 0.1) is 0 Å². The molecule has 2 aromatic rings. The summed E-state index contributed by atoms with van der Waals surface area (Å²) in [6, 6.07) is 12.1. The number of carbonyl (C=O) groups excluding carboxylic acids is 1. The van der Waals surface area contributed by atoms with Gasteiger partial charge in [-0.2, -0.15) is 0 Å². The molecular weight excluding hydrogens is 326 g/mol. The van der Waals surface area contributed by atoms with Crippen LogP contribution in [0.4, 0.5) is 0 Å². The zero-order valence-electron chi connectivity index (χ0n) is 15.8. The summed E-state index contributed by atoms with van der Waals surface area (Å²) >= 11 is 0. The molecule has 1 aliphatic rings. The highest BCUT2D eigenvalue weighted by Gasteiger charge is 2.15. The summed E-state index contributed by atoms with van der Waals surface area (Å²) < 4.78 is 5.48. The van der Waals surface area contributed by atoms with Crippen LogP contribution in [0.15, 0.2) is 40.8 Å². The molecule has 1 N–H and O–H groups in total. The highest BCUT2D eigenvalue weighted by atomic mass is 16.3. The maximum absolute atomic E-state index is 12.1. The summed E-state index contributed by atoms with van der Waals surface area (Å²) in [5, 5.41) is 2.92. The van der Waals surface area contributed by atoms with Gasteiger partial charge in [0.15, 0.2) is 5.76 Å². The van der Waals surface area contributed by atoms with Gasteiger partial charge in [-0.15, -0.1) is 0 Å². The first-order valence-electron chi connectivity index (χ1n) is 9.57. The summed E-state index contributed by atoms with van der Waals surface area (Å²) in [5.74, 6) is 1.05. The van der Waals surface area contributed by atoms with E-state index in [1.807, 2.05) is 13.0 Å². The van der Waals surface area contributed by atoms with Crippen molar-refractivity contribution < 1.29 is 9.21 Å². The molecule has 2 heterocycles. The zero-order chi connectivity index (χ0) is 18.4. The molecule has 3 rings (SSSR count). The lowest BCUT2D eigenvalue weighted by Gasteiger charge is -2.34. The lowest BCUT2D eigenvalue weighted by molar-refractivity contribution is 0.0921. The fourth-order valence-corrected chi connectivity index (χ4v) is 3.24. The Bertz CT molecular complexity index is 700. The van der Waals surface area contributed by atoms with Crippen molar-refractivity contribution in [2.75, 3.05) is 32.7 Å². The lowest BCUT2D eigenvalue weighted by atomic mass is 10.1. The van der Waals surface area contributed by atoms with E-state index in [1.165, 1.54) is 5.56 Å². The quantitative estimate of drug-likeness (QED) is 0.830. The van der Waals surface area contributed by atoms with Crippen molar-refractivity contribution in [3.05, 3.63) is 59.0 Å². The van der Waals surface area contributed by atoms with Gasteiger partial charge in [-0.05, 0) is 29.8 Å². The van der Waals surface area contributed by atoms with E-state index in [-0.39, 0.29) is 5.91 Å². The molecule has 1 fully saturated rings. The second-order valence-corrected chi connectivity index (χ2v) is 6.83. The standard InChI is InChI=1S/C21H29N3O2/c1-3-19-9-10-20(26-19)21(25)22-15-17-5-7-18(8-6-17)16-24-13-11-23(4-2)12-14-24/h5-10H,3-4,11-16H2,1-2H3,(H,22,25). The molecule has 1 amide bonds. The van der Waals surface area contributed by atoms with E-state index in [9.17, 15) is 4.79 Å². The number of amides is 1. The molecule has 0 spiro atoms. The largest absolute Gasteiger partial charge is 0.456 e. The Kier molecular flexibility index (Phi) is 6.47. The topological polar surface area (TPSA) is 48.7 Å². The van der Waals surface area contributed by atoms with Crippen molar-refractivity contribution in [2.24, 2.45) is 0 Å². The molecule has 0 saturated carbocycles. The third-order valence-corrected chi connectivity index (χ3v) is 5.03. The third kappa shape index (κ3) is 4.96. The van der Waals surface area contributed by atoms with Crippen LogP contribution in [0.1, 0.15) is 41.3 Å². The number of benzene rings is 1. The van der Waals surface area contributed by atoms with Gasteiger partial charge >= 0.3 is 0 Å². The van der Waals surface area contributed by atoms with E-state index in [2.05, 4.69) is 46.3 Å². The molecular formula is C21H29N3O2. The molecule has 0 unspecified atom stereocenters. The van der Waals surface area contributed by atoms with E-state index >= 15 is 0 Å². The van der Waals surface area contributed by atoms with Crippen LogP contribution in [0.2, 0.25) is 0 Å². The summed E-state index contributed by atoms with van der Waals surface area (Å²) in [6.45, 7) is 11.5. The van der Waals surface area contributed by atoms with Crippen LogP contribution in [0.25, 0.3) is 0 Å². The van der Waals surface area contributed by atoms with Crippen LogP contribution in [0.5, 0.6) is 0 Å². The van der Waals surface area contributed by atoms with Crippen LogP contribution in [0.3, 0.4) is 0 Å². The predicted molar refractivity (Wildman–Crippen MR) is 103 cm³/mol. The van der Waals surface area contributed by atoms with Crippen LogP contribution < -0.4 is 5.32 Å². The maximum Gasteiger partial charge on any atom is 0.287 e. The molecule has 1 aromatic heterocycles. The van der Waals surface area contributed by atoms with Crippen LogP contribution >= 0.6 is 0 Å². The predicted octanol–water partition coefficient (Wildman–Crippen LogP) is 2.91. The third-order valence-electron chi connectivity index (χ3n) is 5.03. The number of likely N-dealkylation sites (N-methyl/N-ethyl adjacent to an activating group) is 1. The van der Waals surface area contributed by atoms with Crippen molar-refractivity contribution in [3.8, 4) is 0 Å². The van der Waals surface area contributed by atoms with Gasteiger partial charge in [0.25, 0.3) is 5.91 Å². The van der Waals surface area contributed by atoms with Gasteiger partial charge in [-0.3, -0.25) is 9.69 Å². The monoisotopic (exact) mass is 355 g/mol. The summed E-state index contributed by atoms with van der Waals surface area (Å²) in [5.41, 5.74) is 2.42. The highest BCUT2D eigenvalue weighted by Crippen LogP contribution is 2.11. The minimum absolute atomic E-state index is 0.164. The normalized spacial score (nSPS) is 15.9. The first-order chi connectivity index (χ1) is 12.7. The number of nitrogens with zero attached hydrogens (tertiary/aromatic N) is 2. The average molecular weight is 355 g/mol. The number of rotatable bonds is 7. The summed E-state index contributed by atoms with van der Waals surface area (Å²) in [7, 11) is 0. The van der Waals surface area contributed by atoms with Gasteiger partial charge in [0, 0.05) is 45.7 Å². The molecule has 0 aliphatic carbocycles. The van der Waals surface area contributed by atoms with Crippen molar-refractivity contribution in [2.45, 2.75) is 33.4 Å². The fraction of sp³-hybridized carbons (Fsp3) is 0.476. The van der Waals surface area contributed by atoms with Gasteiger partial charge in [-0.25, -0.2) is 0 Å². The zero-order valence-corrected chi connectivity index (χ0v) is 15.8. The van der Waals surface area contributed by atoms with Gasteiger partial charge in [0.2, 0.25) is 0 Å². The Labute approximate surface area is 156 Å². The van der Waals surface area contributed by atoms with Crippen LogP contribution in [-0.4, -0.2) is 48.4 Å². The number of piperazine rings is 1. The summed E-state index contributed by atoms with van der Waals surface area (Å²) in [4.78, 5) is 17.1. The van der Waals surface area contributed by atoms with E-state index < -0.39 is 0 Å². The van der Waals surface area contributed by atoms with E-state index in [1.54, 1.807) is 6.07 Å². The van der Waals surface area contributed by atoms with E-state index in [0.29, 0.717) is 12.3 Å². The van der Waals surface area contributed by atoms with Crippen molar-refractivity contribution in [1.82, 2.24) is 15.1 Å². The van der Waals surface area contributed by atoms with E-state index in [4.69, 9.17) is 4.42 Å². The van der Waals surface area contributed by atoms with Gasteiger partial charge in [0.1, 0.15) is 5.76 Å². The second kappa shape index (κ2) is 9.01. The Morgan fingerprint density at radius 3 is 2.23 bits per heavy atom. The number of nitrogens with one attached hydrogen (secondary N) is 1. The smallest absolute Gasteiger partial charge is 0.287 e. The number of furan rings is 1. The van der Waals surface area contributed by atoms with Crippen molar-refractivity contribution in [1.29, 1.82) is 0 Å². The first kappa shape index (κ1) is 18.7. The van der Waals surface area contributed by atoms with Crippen molar-refractivity contribution in [3.63, 3.8) is 0 Å². The first-order valence-corrected chi connectivity index (χ1v) is 9.57. The second-order valence-electron chi connectivity index (χ2n) is 6.83. The van der Waals surface area contributed by atoms with Gasteiger partial charge < -0.3 is 14.6 Å². The number of hydrogen-bond acceptors (Lipinski definition) is 4. The fourth-order valence-electron chi connectivity index (χ4n) is 3.24. The average Bonchev–Trinajstić information content (AvgIpc) is 3.17. The lowest BCUT2D eigenvalue weighted by Crippen LogP contribution is -2.45. The van der Waals surface area contributed by atoms with Crippen molar-refractivity contribution >= 4 is 5.91 Å². The SMILES string of the molecule is CCc1ccc(C(=O)NCc2ccc(CN3CCN(CC)CC3)cc2)o1. The number of hydrogen-bond donors (Lipinski definition) is 1. The summed E-state index contributed by atoms with van der Waals surface area (Å²) in [6.07, 6.45) is 0.794. The molecule has 1 saturated heterocycles. The van der Waals surface area contributed by atoms with Crippen LogP contribution in [-0.2, 0) is 19.5 Å². The van der Waals surface area contributed by atoms with E-state index in [0.717, 1.165) is 57.0 Å². The molecule has 5 heteroatoms. The minimum atomic E-state index is -0.164. The molecule has 26 heavy (non-hydrogen) atoms. The Balaban J connectivity index is 1.46. The molecule has 0 atom stereocenters. The minimum Gasteiger partial charge on any atom is -0.456 e. The molecule has 5 nitrogen and oxygen atoms in total. The Morgan fingerprint density at radius 1 is 0.962 bits per heavy atom. The molecule has 0 radical (unpaired) electrons. The maximum atomic E-state index is 12.1. The molecule has 0 bridgehead atoms. The Morgan fingerprint density at radius 2 is 1.62 bits per heavy atom.